The zero-order valence-corrected chi connectivity index (χ0v) is 15.6. The Morgan fingerprint density at radius 3 is 1.90 bits per heavy atom. The number of fused-ring (bicyclic) bond motifs is 1. The molecule has 0 atom stereocenters. The minimum atomic E-state index is -0.836. The fourth-order valence-corrected chi connectivity index (χ4v) is 2.95. The van der Waals surface area contributed by atoms with Crippen molar-refractivity contribution in [3.63, 3.8) is 0 Å². The van der Waals surface area contributed by atoms with E-state index < -0.39 is 17.8 Å². The van der Waals surface area contributed by atoms with Crippen molar-refractivity contribution in [2.75, 3.05) is 0 Å². The number of hydroxylamine groups is 2. The Hall–Kier alpha value is -4.44. The summed E-state index contributed by atoms with van der Waals surface area (Å²) in [6, 6.07) is 21.5. The van der Waals surface area contributed by atoms with E-state index in [1.807, 2.05) is 0 Å². The molecule has 1 aliphatic heterocycles. The third kappa shape index (κ3) is 3.62. The number of hydrogen-bond donors (Lipinski definition) is 0. The van der Waals surface area contributed by atoms with Crippen LogP contribution in [0.5, 0.6) is 11.5 Å². The zero-order valence-electron chi connectivity index (χ0n) is 15.6. The molecule has 0 fully saturated rings. The van der Waals surface area contributed by atoms with E-state index >= 15 is 0 Å². The van der Waals surface area contributed by atoms with Gasteiger partial charge in [-0.15, -0.1) is 0 Å². The van der Waals surface area contributed by atoms with Crippen LogP contribution in [0.1, 0.15) is 36.6 Å². The zero-order chi connectivity index (χ0) is 21.1. The van der Waals surface area contributed by atoms with Crippen molar-refractivity contribution in [3.05, 3.63) is 95.1 Å². The molecule has 7 nitrogen and oxygen atoms in total. The highest BCUT2D eigenvalue weighted by Crippen LogP contribution is 2.25. The van der Waals surface area contributed by atoms with Crippen molar-refractivity contribution >= 4 is 17.8 Å². The first-order chi connectivity index (χ1) is 14.6. The Labute approximate surface area is 171 Å². The van der Waals surface area contributed by atoms with Gasteiger partial charge in [-0.25, -0.2) is 4.79 Å². The molecule has 1 aliphatic rings. The molecule has 4 rings (SSSR count). The molecule has 0 N–H and O–H groups in total. The molecule has 0 aliphatic carbocycles. The van der Waals surface area contributed by atoms with Crippen molar-refractivity contribution in [1.82, 2.24) is 5.06 Å². The summed E-state index contributed by atoms with van der Waals surface area (Å²) >= 11 is 0. The summed E-state index contributed by atoms with van der Waals surface area (Å²) in [7, 11) is 0. The van der Waals surface area contributed by atoms with Crippen molar-refractivity contribution in [3.8, 4) is 17.6 Å². The summed E-state index contributed by atoms with van der Waals surface area (Å²) in [5.41, 5.74) is 1.43. The molecule has 0 bridgehead atoms. The van der Waals surface area contributed by atoms with E-state index in [9.17, 15) is 14.4 Å². The molecule has 146 valence electrons. The second-order valence-electron chi connectivity index (χ2n) is 6.43. The van der Waals surface area contributed by atoms with Crippen molar-refractivity contribution in [2.24, 2.45) is 0 Å². The first kappa shape index (κ1) is 18.9. The molecule has 0 unspecified atom stereocenters. The fourth-order valence-electron chi connectivity index (χ4n) is 2.95. The summed E-state index contributed by atoms with van der Waals surface area (Å²) in [5, 5.41) is 9.17. The molecule has 3 aromatic carbocycles. The molecule has 0 saturated heterocycles. The lowest BCUT2D eigenvalue weighted by Gasteiger charge is -2.13. The van der Waals surface area contributed by atoms with E-state index in [0.717, 1.165) is 5.56 Å². The van der Waals surface area contributed by atoms with Crippen LogP contribution in [-0.4, -0.2) is 22.8 Å². The predicted octanol–water partition coefficient (Wildman–Crippen LogP) is 3.91. The largest absolute Gasteiger partial charge is 0.457 e. The normalized spacial score (nSPS) is 12.3. The molecule has 30 heavy (non-hydrogen) atoms. The molecule has 0 spiro atoms. The Bertz CT molecular complexity index is 1140. The van der Waals surface area contributed by atoms with Crippen LogP contribution in [-0.2, 0) is 11.3 Å². The average molecular weight is 398 g/mol. The number of carbonyl (C=O) groups is 3. The van der Waals surface area contributed by atoms with E-state index in [-0.39, 0.29) is 16.7 Å². The maximum Gasteiger partial charge on any atom is 0.363 e. The van der Waals surface area contributed by atoms with Crippen LogP contribution in [0.15, 0.2) is 72.8 Å². The lowest BCUT2D eigenvalue weighted by Crippen LogP contribution is -2.32. The SMILES string of the molecule is N#CCc1ccc(Oc2ccc(C(=O)ON3C(=O)c4ccccc4C3=O)cc2)cc1. The number of imide groups is 1. The quantitative estimate of drug-likeness (QED) is 0.605. The van der Waals surface area contributed by atoms with Crippen LogP contribution in [0.3, 0.4) is 0 Å². The first-order valence-electron chi connectivity index (χ1n) is 9.01. The van der Waals surface area contributed by atoms with Crippen molar-refractivity contribution < 1.29 is 24.0 Å². The highest BCUT2D eigenvalue weighted by atomic mass is 16.7. The minimum Gasteiger partial charge on any atom is -0.457 e. The molecule has 0 saturated carbocycles. The van der Waals surface area contributed by atoms with E-state index in [4.69, 9.17) is 14.8 Å². The molecular formula is C23H14N2O5. The summed E-state index contributed by atoms with van der Waals surface area (Å²) in [6.45, 7) is 0. The van der Waals surface area contributed by atoms with Gasteiger partial charge in [0.1, 0.15) is 11.5 Å². The number of amides is 2. The lowest BCUT2D eigenvalue weighted by molar-refractivity contribution is -0.0584. The predicted molar refractivity (Wildman–Crippen MR) is 105 cm³/mol. The topological polar surface area (TPSA) is 96.7 Å². The third-order valence-corrected chi connectivity index (χ3v) is 4.46. The van der Waals surface area contributed by atoms with Crippen LogP contribution in [0, 0.1) is 11.3 Å². The van der Waals surface area contributed by atoms with Crippen LogP contribution in [0.4, 0.5) is 0 Å². The molecule has 7 heteroatoms. The number of carbonyl (C=O) groups excluding carboxylic acids is 3. The smallest absolute Gasteiger partial charge is 0.363 e. The highest BCUT2D eigenvalue weighted by Gasteiger charge is 2.38. The summed E-state index contributed by atoms with van der Waals surface area (Å²) in [5.74, 6) is -1.12. The number of hydrogen-bond acceptors (Lipinski definition) is 6. The number of benzene rings is 3. The molecule has 1 heterocycles. The van der Waals surface area contributed by atoms with Gasteiger partial charge in [0.15, 0.2) is 0 Å². The van der Waals surface area contributed by atoms with Crippen molar-refractivity contribution in [2.45, 2.75) is 6.42 Å². The van der Waals surface area contributed by atoms with Gasteiger partial charge in [-0.2, -0.15) is 5.26 Å². The average Bonchev–Trinajstić information content (AvgIpc) is 3.01. The van der Waals surface area contributed by atoms with Crippen LogP contribution in [0.25, 0.3) is 0 Å². The molecule has 0 radical (unpaired) electrons. The molecule has 2 amide bonds. The molecule has 0 aromatic heterocycles. The minimum absolute atomic E-state index is 0.156. The van der Waals surface area contributed by atoms with E-state index in [1.54, 1.807) is 48.5 Å². The van der Waals surface area contributed by atoms with Gasteiger partial charge in [0.05, 0.1) is 29.2 Å². The number of nitriles is 1. The monoisotopic (exact) mass is 398 g/mol. The Balaban J connectivity index is 1.42. The number of rotatable bonds is 5. The molecular weight excluding hydrogens is 384 g/mol. The highest BCUT2D eigenvalue weighted by molar-refractivity contribution is 6.21. The van der Waals surface area contributed by atoms with E-state index in [0.29, 0.717) is 23.0 Å². The van der Waals surface area contributed by atoms with Crippen LogP contribution >= 0.6 is 0 Å². The van der Waals surface area contributed by atoms with Gasteiger partial charge in [0.2, 0.25) is 0 Å². The second-order valence-corrected chi connectivity index (χ2v) is 6.43. The Kier molecular flexibility index (Phi) is 4.97. The Morgan fingerprint density at radius 2 is 1.37 bits per heavy atom. The van der Waals surface area contributed by atoms with Gasteiger partial charge in [-0.05, 0) is 54.1 Å². The Morgan fingerprint density at radius 1 is 0.833 bits per heavy atom. The fraction of sp³-hybridized carbons (Fsp3) is 0.0435. The van der Waals surface area contributed by atoms with Crippen LogP contribution < -0.4 is 4.74 Å². The standard InChI is InChI=1S/C23H14N2O5/c24-14-13-15-5-9-17(10-6-15)29-18-11-7-16(8-12-18)23(28)30-25-21(26)19-3-1-2-4-20(19)22(25)27/h1-12H,13H2. The van der Waals surface area contributed by atoms with Gasteiger partial charge >= 0.3 is 5.97 Å². The van der Waals surface area contributed by atoms with Crippen molar-refractivity contribution in [1.29, 1.82) is 5.26 Å². The van der Waals surface area contributed by atoms with Gasteiger partial charge in [-0.1, -0.05) is 29.3 Å². The maximum absolute atomic E-state index is 12.4. The third-order valence-electron chi connectivity index (χ3n) is 4.46. The maximum atomic E-state index is 12.4. The van der Waals surface area contributed by atoms with Crippen LogP contribution in [0.2, 0.25) is 0 Å². The van der Waals surface area contributed by atoms with Gasteiger partial charge in [-0.3, -0.25) is 9.59 Å². The van der Waals surface area contributed by atoms with Gasteiger partial charge in [0, 0.05) is 0 Å². The molecule has 3 aromatic rings. The van der Waals surface area contributed by atoms with Gasteiger partial charge in [0.25, 0.3) is 11.8 Å². The van der Waals surface area contributed by atoms with E-state index in [1.165, 1.54) is 24.3 Å². The second kappa shape index (κ2) is 7.89. The number of ether oxygens (including phenoxy) is 1. The van der Waals surface area contributed by atoms with Gasteiger partial charge < -0.3 is 9.57 Å². The lowest BCUT2D eigenvalue weighted by atomic mass is 10.1. The first-order valence-corrected chi connectivity index (χ1v) is 9.01. The summed E-state index contributed by atoms with van der Waals surface area (Å²) in [6.07, 6.45) is 0.324. The number of nitrogens with zero attached hydrogens (tertiary/aromatic N) is 2. The summed E-state index contributed by atoms with van der Waals surface area (Å²) < 4.78 is 5.70. The summed E-state index contributed by atoms with van der Waals surface area (Å²) in [4.78, 5) is 42.0. The van der Waals surface area contributed by atoms with E-state index in [2.05, 4.69) is 6.07 Å².